The number of carbonyl (C=O) groups is 1. The van der Waals surface area contributed by atoms with Crippen molar-refractivity contribution < 1.29 is 17.6 Å². The molecule has 0 aliphatic carbocycles. The summed E-state index contributed by atoms with van der Waals surface area (Å²) >= 11 is 1.46. The Hall–Kier alpha value is -2.59. The van der Waals surface area contributed by atoms with Gasteiger partial charge in [0, 0.05) is 42.7 Å². The molecule has 7 nitrogen and oxygen atoms in total. The Labute approximate surface area is 190 Å². The van der Waals surface area contributed by atoms with Gasteiger partial charge in [-0.1, -0.05) is 23.9 Å². The largest absolute Gasteiger partial charge is 0.366 e. The molecule has 0 spiro atoms. The number of fused-ring (bicyclic) bond motifs is 1. The molecule has 0 radical (unpaired) electrons. The number of carbonyl (C=O) groups excluding carboxylic acids is 1. The van der Waals surface area contributed by atoms with E-state index < -0.39 is 9.84 Å². The first-order valence-corrected chi connectivity index (χ1v) is 13.2. The lowest BCUT2D eigenvalue weighted by molar-refractivity contribution is 0.0746. The molecular weight excluding hydrogens is 451 g/mol. The maximum Gasteiger partial charge on any atom is 0.253 e. The highest BCUT2D eigenvalue weighted by atomic mass is 32.2. The van der Waals surface area contributed by atoms with Crippen LogP contribution in [0.2, 0.25) is 0 Å². The summed E-state index contributed by atoms with van der Waals surface area (Å²) in [5, 5.41) is 3.94. The Morgan fingerprint density at radius 1 is 1.03 bits per heavy atom. The lowest BCUT2D eigenvalue weighted by atomic mass is 10.1. The van der Waals surface area contributed by atoms with E-state index in [1.165, 1.54) is 17.8 Å². The number of nitrogens with zero attached hydrogens (tertiary/aromatic N) is 3. The fraction of sp³-hybridized carbons (Fsp3) is 0.364. The van der Waals surface area contributed by atoms with Gasteiger partial charge in [0.25, 0.3) is 5.91 Å². The fourth-order valence-corrected chi connectivity index (χ4v) is 7.95. The molecule has 3 heterocycles. The number of sulfone groups is 1. The van der Waals surface area contributed by atoms with Crippen LogP contribution in [0.5, 0.6) is 0 Å². The molecule has 2 saturated heterocycles. The molecule has 10 heteroatoms. The van der Waals surface area contributed by atoms with Crippen molar-refractivity contribution in [3.63, 3.8) is 0 Å². The molecule has 32 heavy (non-hydrogen) atoms. The molecule has 0 aromatic heterocycles. The van der Waals surface area contributed by atoms with Gasteiger partial charge in [-0.3, -0.25) is 9.79 Å². The van der Waals surface area contributed by atoms with Crippen LogP contribution in [0.1, 0.15) is 10.4 Å². The lowest BCUT2D eigenvalue weighted by Gasteiger charge is -2.36. The molecule has 3 aliphatic rings. The van der Waals surface area contributed by atoms with Crippen LogP contribution in [0.4, 0.5) is 15.8 Å². The minimum absolute atomic E-state index is 0.00798. The minimum atomic E-state index is -2.97. The van der Waals surface area contributed by atoms with Crippen LogP contribution in [0, 0.1) is 5.82 Å². The zero-order valence-corrected chi connectivity index (χ0v) is 18.9. The third-order valence-electron chi connectivity index (χ3n) is 5.96. The predicted molar refractivity (Wildman–Crippen MR) is 126 cm³/mol. The summed E-state index contributed by atoms with van der Waals surface area (Å²) < 4.78 is 37.4. The summed E-state index contributed by atoms with van der Waals surface area (Å²) in [6, 6.07) is 13.7. The molecule has 168 valence electrons. The van der Waals surface area contributed by atoms with E-state index in [0.717, 1.165) is 10.9 Å². The molecule has 3 aliphatic heterocycles. The first kappa shape index (κ1) is 21.3. The number of anilines is 2. The van der Waals surface area contributed by atoms with Crippen molar-refractivity contribution in [1.82, 2.24) is 4.90 Å². The summed E-state index contributed by atoms with van der Waals surface area (Å²) in [5.41, 5.74) is 1.98. The Kier molecular flexibility index (Phi) is 5.58. The van der Waals surface area contributed by atoms with Gasteiger partial charge in [-0.05, 0) is 36.4 Å². The number of hydrogen-bond donors (Lipinski definition) is 1. The highest BCUT2D eigenvalue weighted by Gasteiger charge is 2.42. The molecule has 5 rings (SSSR count). The van der Waals surface area contributed by atoms with Crippen LogP contribution in [0.25, 0.3) is 0 Å². The number of aliphatic imine (C=N–C) groups is 1. The first-order chi connectivity index (χ1) is 15.4. The molecule has 1 N–H and O–H groups in total. The second-order valence-electron chi connectivity index (χ2n) is 8.17. The highest BCUT2D eigenvalue weighted by molar-refractivity contribution is 8.15. The maximum atomic E-state index is 14.0. The van der Waals surface area contributed by atoms with E-state index in [0.29, 0.717) is 37.4 Å². The smallest absolute Gasteiger partial charge is 0.253 e. The average molecular weight is 475 g/mol. The Balaban J connectivity index is 1.17. The van der Waals surface area contributed by atoms with Crippen molar-refractivity contribution in [3.8, 4) is 0 Å². The number of amides is 1. The number of thioether (sulfide) groups is 1. The number of hydrogen-bond acceptors (Lipinski definition) is 7. The summed E-state index contributed by atoms with van der Waals surface area (Å²) in [4.78, 5) is 21.1. The third-order valence-corrected chi connectivity index (χ3v) is 9.10. The molecular formula is C22H23FN4O3S2. The van der Waals surface area contributed by atoms with E-state index in [2.05, 4.69) is 10.3 Å². The molecule has 2 aromatic carbocycles. The minimum Gasteiger partial charge on any atom is -0.366 e. The van der Waals surface area contributed by atoms with Crippen LogP contribution in [0.15, 0.2) is 53.5 Å². The number of rotatable bonds is 3. The second kappa shape index (κ2) is 8.40. The van der Waals surface area contributed by atoms with E-state index in [4.69, 9.17) is 0 Å². The van der Waals surface area contributed by atoms with Crippen LogP contribution in [-0.2, 0) is 9.84 Å². The van der Waals surface area contributed by atoms with Crippen molar-refractivity contribution in [3.05, 3.63) is 59.9 Å². The molecule has 0 saturated carbocycles. The summed E-state index contributed by atoms with van der Waals surface area (Å²) in [5.74, 6) is 0.00458. The van der Waals surface area contributed by atoms with E-state index in [9.17, 15) is 17.6 Å². The Morgan fingerprint density at radius 3 is 2.44 bits per heavy atom. The molecule has 1 amide bonds. The van der Waals surface area contributed by atoms with Crippen LogP contribution in [0.3, 0.4) is 0 Å². The SMILES string of the molecule is O=C(c1ccc(NC2=N[C@H]3CS(=O)(=O)C[C@@H]3S2)cc1)N1CCN(c2ccccc2F)CC1. The fourth-order valence-electron chi connectivity index (χ4n) is 4.28. The topological polar surface area (TPSA) is 82.1 Å². The van der Waals surface area contributed by atoms with Gasteiger partial charge in [-0.2, -0.15) is 0 Å². The van der Waals surface area contributed by atoms with Crippen LogP contribution >= 0.6 is 11.8 Å². The molecule has 2 aromatic rings. The Bertz CT molecular complexity index is 1160. The molecule has 0 unspecified atom stereocenters. The van der Waals surface area contributed by atoms with Crippen molar-refractivity contribution >= 4 is 44.0 Å². The summed E-state index contributed by atoms with van der Waals surface area (Å²) in [6.45, 7) is 2.24. The monoisotopic (exact) mass is 474 g/mol. The van der Waals surface area contributed by atoms with Crippen molar-refractivity contribution in [2.75, 3.05) is 47.9 Å². The van der Waals surface area contributed by atoms with E-state index in [-0.39, 0.29) is 34.5 Å². The van der Waals surface area contributed by atoms with Gasteiger partial charge in [-0.25, -0.2) is 12.8 Å². The van der Waals surface area contributed by atoms with Gasteiger partial charge in [0.1, 0.15) is 5.82 Å². The number of amidine groups is 1. The van der Waals surface area contributed by atoms with Gasteiger partial charge in [-0.15, -0.1) is 0 Å². The van der Waals surface area contributed by atoms with E-state index in [1.54, 1.807) is 29.2 Å². The molecule has 2 fully saturated rings. The van der Waals surface area contributed by atoms with Gasteiger partial charge in [0.15, 0.2) is 15.0 Å². The van der Waals surface area contributed by atoms with Gasteiger partial charge < -0.3 is 15.1 Å². The predicted octanol–water partition coefficient (Wildman–Crippen LogP) is 2.47. The van der Waals surface area contributed by atoms with Gasteiger partial charge >= 0.3 is 0 Å². The zero-order valence-electron chi connectivity index (χ0n) is 17.3. The van der Waals surface area contributed by atoms with Crippen LogP contribution in [-0.4, -0.2) is 73.4 Å². The number of nitrogens with one attached hydrogen (secondary N) is 1. The summed E-state index contributed by atoms with van der Waals surface area (Å²) in [6.07, 6.45) is 0. The van der Waals surface area contributed by atoms with Gasteiger partial charge in [0.05, 0.1) is 23.2 Å². The third kappa shape index (κ3) is 4.33. The quantitative estimate of drug-likeness (QED) is 0.736. The average Bonchev–Trinajstić information content (AvgIpc) is 3.27. The van der Waals surface area contributed by atoms with Crippen molar-refractivity contribution in [1.29, 1.82) is 0 Å². The van der Waals surface area contributed by atoms with E-state index in [1.807, 2.05) is 23.1 Å². The number of benzene rings is 2. The number of halogens is 1. The maximum absolute atomic E-state index is 14.0. The summed E-state index contributed by atoms with van der Waals surface area (Å²) in [7, 11) is -2.97. The van der Waals surface area contributed by atoms with E-state index >= 15 is 0 Å². The highest BCUT2D eigenvalue weighted by Crippen LogP contribution is 2.34. The number of para-hydroxylation sites is 1. The molecule has 0 bridgehead atoms. The lowest BCUT2D eigenvalue weighted by Crippen LogP contribution is -2.49. The first-order valence-electron chi connectivity index (χ1n) is 10.5. The number of piperazine rings is 1. The Morgan fingerprint density at radius 2 is 1.75 bits per heavy atom. The zero-order chi connectivity index (χ0) is 22.3. The van der Waals surface area contributed by atoms with Gasteiger partial charge in [0.2, 0.25) is 0 Å². The standard InChI is InChI=1S/C22H23FN4O3S2/c23-17-3-1-2-4-19(17)26-9-11-27(12-10-26)21(28)15-5-7-16(8-6-15)24-22-25-18-13-32(29,30)14-20(18)31-22/h1-8,18,20H,9-14H2,(H,24,25)/t18-,20-/m0/s1. The normalized spacial score (nSPS) is 24.2. The van der Waals surface area contributed by atoms with Crippen molar-refractivity contribution in [2.45, 2.75) is 11.3 Å². The second-order valence-corrected chi connectivity index (χ2v) is 11.5. The van der Waals surface area contributed by atoms with Crippen LogP contribution < -0.4 is 10.2 Å². The van der Waals surface area contributed by atoms with Crippen molar-refractivity contribution in [2.24, 2.45) is 4.99 Å². The molecule has 2 atom stereocenters.